The monoisotopic (exact) mass is 464 g/mol. The van der Waals surface area contributed by atoms with Crippen molar-refractivity contribution < 1.29 is 9.53 Å². The van der Waals surface area contributed by atoms with Crippen LogP contribution in [0, 0.1) is 11.3 Å². The summed E-state index contributed by atoms with van der Waals surface area (Å²) in [4.78, 5) is 23.1. The van der Waals surface area contributed by atoms with E-state index in [1.165, 1.54) is 12.4 Å². The van der Waals surface area contributed by atoms with Gasteiger partial charge in [-0.3, -0.25) is 9.78 Å². The molecular weight excluding hydrogens is 432 g/mol. The summed E-state index contributed by atoms with van der Waals surface area (Å²) in [6, 6.07) is 5.48. The van der Waals surface area contributed by atoms with Gasteiger partial charge in [-0.15, -0.1) is 0 Å². The van der Waals surface area contributed by atoms with Gasteiger partial charge in [-0.25, -0.2) is 4.98 Å². The van der Waals surface area contributed by atoms with Crippen LogP contribution in [0.1, 0.15) is 19.4 Å². The highest BCUT2D eigenvalue weighted by molar-refractivity contribution is 6.08. The van der Waals surface area contributed by atoms with Crippen LogP contribution in [0.2, 0.25) is 0 Å². The maximum absolute atomic E-state index is 12.3. The van der Waals surface area contributed by atoms with Crippen molar-refractivity contribution in [3.63, 3.8) is 0 Å². The predicted octanol–water partition coefficient (Wildman–Crippen LogP) is 1.78. The SMILES string of the molecule is CC(C)C(=C/N)/C=C(\N)Nc1ccc2ncc(/C(C=N)=C/NCC(=O)N3CCOCC3)cc2n1. The molecule has 2 aromatic heterocycles. The fraction of sp³-hybridized carbons (Fsp3) is 0.333. The molecular formula is C24H32N8O2. The number of nitrogens with zero attached hydrogens (tertiary/aromatic N) is 3. The standard InChI is InChI=1S/C24H32N8O2/c1-16(2)17(11-25)10-22(27)31-23-4-3-20-21(30-23)9-18(14-29-20)19(12-26)13-28-15-24(33)32-5-7-34-8-6-32/h3-4,9-14,16,26,28H,5-8,15,25,27H2,1-2H3,(H,30,31)/b17-11+,19-13+,22-10+,26-12?. The maximum Gasteiger partial charge on any atom is 0.242 e. The van der Waals surface area contributed by atoms with Crippen LogP contribution in [-0.4, -0.2) is 59.8 Å². The third-order valence-electron chi connectivity index (χ3n) is 5.35. The zero-order valence-electron chi connectivity index (χ0n) is 19.5. The average molecular weight is 465 g/mol. The first-order chi connectivity index (χ1) is 16.4. The van der Waals surface area contributed by atoms with Gasteiger partial charge in [0.25, 0.3) is 0 Å². The van der Waals surface area contributed by atoms with Gasteiger partial charge in [-0.2, -0.15) is 0 Å². The Morgan fingerprint density at radius 3 is 2.74 bits per heavy atom. The van der Waals surface area contributed by atoms with E-state index in [0.29, 0.717) is 60.1 Å². The Morgan fingerprint density at radius 1 is 1.29 bits per heavy atom. The molecule has 0 spiro atoms. The molecule has 1 saturated heterocycles. The number of hydrogen-bond donors (Lipinski definition) is 5. The number of carbonyl (C=O) groups excluding carboxylic acids is 1. The van der Waals surface area contributed by atoms with Crippen molar-refractivity contribution in [3.8, 4) is 0 Å². The molecule has 0 radical (unpaired) electrons. The lowest BCUT2D eigenvalue weighted by molar-refractivity contribution is -0.134. The van der Waals surface area contributed by atoms with Crippen molar-refractivity contribution in [1.82, 2.24) is 20.2 Å². The second-order valence-corrected chi connectivity index (χ2v) is 8.12. The fourth-order valence-electron chi connectivity index (χ4n) is 3.39. The van der Waals surface area contributed by atoms with Gasteiger partial charge in [-0.1, -0.05) is 13.8 Å². The van der Waals surface area contributed by atoms with Gasteiger partial charge in [-0.05, 0) is 42.0 Å². The molecule has 0 atom stereocenters. The molecule has 1 fully saturated rings. The summed E-state index contributed by atoms with van der Waals surface area (Å²) in [5.41, 5.74) is 15.3. The Morgan fingerprint density at radius 2 is 2.06 bits per heavy atom. The molecule has 34 heavy (non-hydrogen) atoms. The minimum absolute atomic E-state index is 0.00588. The first kappa shape index (κ1) is 24.7. The van der Waals surface area contributed by atoms with Crippen LogP contribution < -0.4 is 22.1 Å². The largest absolute Gasteiger partial charge is 0.404 e. The molecule has 0 unspecified atom stereocenters. The topological polar surface area (TPSA) is 155 Å². The quantitative estimate of drug-likeness (QED) is 0.278. The zero-order chi connectivity index (χ0) is 24.5. The molecule has 7 N–H and O–H groups in total. The third kappa shape index (κ3) is 6.55. The molecule has 3 heterocycles. The molecule has 0 aliphatic carbocycles. The molecule has 2 aromatic rings. The number of carbonyl (C=O) groups is 1. The molecule has 1 aliphatic rings. The average Bonchev–Trinajstić information content (AvgIpc) is 2.85. The van der Waals surface area contributed by atoms with Gasteiger partial charge in [0.1, 0.15) is 11.6 Å². The number of allylic oxidation sites excluding steroid dienone is 3. The predicted molar refractivity (Wildman–Crippen MR) is 135 cm³/mol. The molecule has 0 saturated carbocycles. The number of rotatable bonds is 9. The maximum atomic E-state index is 12.3. The van der Waals surface area contributed by atoms with Crippen LogP contribution >= 0.6 is 0 Å². The lowest BCUT2D eigenvalue weighted by Crippen LogP contribution is -2.44. The van der Waals surface area contributed by atoms with Crippen molar-refractivity contribution in [3.05, 3.63) is 59.8 Å². The Hall–Kier alpha value is -3.92. The summed E-state index contributed by atoms with van der Waals surface area (Å²) in [6.45, 7) is 6.52. The molecule has 3 rings (SSSR count). The minimum atomic E-state index is -0.00588. The molecule has 1 amide bonds. The Bertz CT molecular complexity index is 1120. The summed E-state index contributed by atoms with van der Waals surface area (Å²) in [5, 5.41) is 13.9. The number of hydrogen-bond acceptors (Lipinski definition) is 9. The van der Waals surface area contributed by atoms with E-state index in [9.17, 15) is 4.79 Å². The third-order valence-corrected chi connectivity index (χ3v) is 5.35. The van der Waals surface area contributed by atoms with Gasteiger partial charge in [0.05, 0.1) is 30.8 Å². The summed E-state index contributed by atoms with van der Waals surface area (Å²) < 4.78 is 5.27. The number of nitrogens with two attached hydrogens (primary N) is 2. The van der Waals surface area contributed by atoms with E-state index in [-0.39, 0.29) is 18.4 Å². The molecule has 1 aliphatic heterocycles. The molecule has 0 aromatic carbocycles. The highest BCUT2D eigenvalue weighted by Gasteiger charge is 2.15. The first-order valence-electron chi connectivity index (χ1n) is 11.1. The number of fused-ring (bicyclic) bond motifs is 1. The summed E-state index contributed by atoms with van der Waals surface area (Å²) in [5.74, 6) is 1.23. The Kier molecular flexibility index (Phi) is 8.58. The number of amides is 1. The first-order valence-corrected chi connectivity index (χ1v) is 11.1. The van der Waals surface area contributed by atoms with Crippen LogP contribution in [0.4, 0.5) is 5.82 Å². The Balaban J connectivity index is 1.73. The molecule has 180 valence electrons. The van der Waals surface area contributed by atoms with Crippen molar-refractivity contribution in [2.75, 3.05) is 38.2 Å². The highest BCUT2D eigenvalue weighted by Crippen LogP contribution is 2.19. The van der Waals surface area contributed by atoms with Crippen LogP contribution in [0.5, 0.6) is 0 Å². The van der Waals surface area contributed by atoms with Crippen LogP contribution in [-0.2, 0) is 9.53 Å². The van der Waals surface area contributed by atoms with E-state index in [1.54, 1.807) is 29.4 Å². The van der Waals surface area contributed by atoms with E-state index in [0.717, 1.165) is 5.57 Å². The molecule has 10 nitrogen and oxygen atoms in total. The number of nitrogens with one attached hydrogen (secondary N) is 3. The van der Waals surface area contributed by atoms with Crippen LogP contribution in [0.15, 0.2) is 54.3 Å². The number of pyridine rings is 2. The second kappa shape index (κ2) is 11.8. The number of anilines is 1. The summed E-state index contributed by atoms with van der Waals surface area (Å²) in [7, 11) is 0. The van der Waals surface area contributed by atoms with Crippen molar-refractivity contribution in [2.24, 2.45) is 17.4 Å². The van der Waals surface area contributed by atoms with Crippen molar-refractivity contribution in [1.29, 1.82) is 5.41 Å². The minimum Gasteiger partial charge on any atom is -0.404 e. The summed E-state index contributed by atoms with van der Waals surface area (Å²) >= 11 is 0. The lowest BCUT2D eigenvalue weighted by Gasteiger charge is -2.26. The van der Waals surface area contributed by atoms with Crippen molar-refractivity contribution in [2.45, 2.75) is 13.8 Å². The number of ether oxygens (including phenoxy) is 1. The van der Waals surface area contributed by atoms with Gasteiger partial charge in [0.2, 0.25) is 5.91 Å². The van der Waals surface area contributed by atoms with Gasteiger partial charge >= 0.3 is 0 Å². The number of morpholine rings is 1. The molecule has 0 bridgehead atoms. The van der Waals surface area contributed by atoms with E-state index < -0.39 is 0 Å². The van der Waals surface area contributed by atoms with Crippen LogP contribution in [0.3, 0.4) is 0 Å². The van der Waals surface area contributed by atoms with Gasteiger partial charge in [0.15, 0.2) is 0 Å². The van der Waals surface area contributed by atoms with Gasteiger partial charge in [0, 0.05) is 42.8 Å². The van der Waals surface area contributed by atoms with Crippen molar-refractivity contribution >= 4 is 34.5 Å². The second-order valence-electron chi connectivity index (χ2n) is 8.12. The zero-order valence-corrected chi connectivity index (χ0v) is 19.5. The fourth-order valence-corrected chi connectivity index (χ4v) is 3.39. The Labute approximate surface area is 199 Å². The lowest BCUT2D eigenvalue weighted by atomic mass is 10.0. The van der Waals surface area contributed by atoms with Crippen LogP contribution in [0.25, 0.3) is 16.6 Å². The van der Waals surface area contributed by atoms with E-state index >= 15 is 0 Å². The van der Waals surface area contributed by atoms with E-state index in [1.807, 2.05) is 26.0 Å². The summed E-state index contributed by atoms with van der Waals surface area (Å²) in [6.07, 6.45) is 7.85. The van der Waals surface area contributed by atoms with E-state index in [4.69, 9.17) is 21.6 Å². The van der Waals surface area contributed by atoms with Gasteiger partial charge < -0.3 is 37.1 Å². The smallest absolute Gasteiger partial charge is 0.242 e. The molecule has 10 heteroatoms. The number of aromatic nitrogens is 2. The normalized spacial score (nSPS) is 15.5. The van der Waals surface area contributed by atoms with E-state index in [2.05, 4.69) is 20.6 Å². The highest BCUT2D eigenvalue weighted by atomic mass is 16.5.